The van der Waals surface area contributed by atoms with Crippen LogP contribution in [0.5, 0.6) is 0 Å². The van der Waals surface area contributed by atoms with Gasteiger partial charge in [-0.25, -0.2) is 0 Å². The number of fused-ring (bicyclic) bond motifs is 2. The van der Waals surface area contributed by atoms with Crippen LogP contribution in [0.4, 0.5) is 0 Å². The lowest BCUT2D eigenvalue weighted by Gasteiger charge is -2.37. The molecule has 2 rings (SSSR count). The van der Waals surface area contributed by atoms with Gasteiger partial charge in [0.1, 0.15) is 5.71 Å². The van der Waals surface area contributed by atoms with Gasteiger partial charge in [0.25, 0.3) is 0 Å². The average Bonchev–Trinajstić information content (AvgIpc) is 2.73. The van der Waals surface area contributed by atoms with Gasteiger partial charge in [0.15, 0.2) is 5.78 Å². The fourth-order valence-electron chi connectivity index (χ4n) is 3.68. The van der Waals surface area contributed by atoms with E-state index in [1.807, 2.05) is 0 Å². The molecule has 2 aliphatic carbocycles. The van der Waals surface area contributed by atoms with E-state index in [4.69, 9.17) is 5.21 Å². The summed E-state index contributed by atoms with van der Waals surface area (Å²) in [6.07, 6.45) is 3.61. The summed E-state index contributed by atoms with van der Waals surface area (Å²) in [5.74, 6) is 1.33. The first kappa shape index (κ1) is 10.7. The van der Waals surface area contributed by atoms with Crippen LogP contribution in [0.25, 0.3) is 0 Å². The smallest absolute Gasteiger partial charge is 0.183 e. The number of hydrogen-bond acceptors (Lipinski definition) is 3. The highest BCUT2D eigenvalue weighted by atomic mass is 16.4. The Kier molecular flexibility index (Phi) is 2.36. The topological polar surface area (TPSA) is 49.7 Å². The molecule has 0 unspecified atom stereocenters. The summed E-state index contributed by atoms with van der Waals surface area (Å²) in [5.41, 5.74) is 0.354. The van der Waals surface area contributed by atoms with Crippen LogP contribution in [-0.2, 0) is 4.79 Å². The van der Waals surface area contributed by atoms with Crippen LogP contribution in [0.15, 0.2) is 5.16 Å². The molecule has 0 aromatic carbocycles. The predicted octanol–water partition coefficient (Wildman–Crippen LogP) is 2.48. The van der Waals surface area contributed by atoms with E-state index in [9.17, 15) is 4.79 Å². The van der Waals surface area contributed by atoms with E-state index in [1.165, 1.54) is 19.3 Å². The van der Waals surface area contributed by atoms with Crippen molar-refractivity contribution in [2.24, 2.45) is 28.3 Å². The molecular weight excluding hydrogens is 190 g/mol. The van der Waals surface area contributed by atoms with Gasteiger partial charge in [-0.05, 0) is 43.4 Å². The molecule has 0 aromatic rings. The van der Waals surface area contributed by atoms with E-state index in [1.54, 1.807) is 6.92 Å². The first-order valence-corrected chi connectivity index (χ1v) is 5.71. The Balaban J connectivity index is 2.26. The second-order valence-corrected chi connectivity index (χ2v) is 5.62. The highest BCUT2D eigenvalue weighted by Crippen LogP contribution is 2.59. The van der Waals surface area contributed by atoms with Crippen LogP contribution >= 0.6 is 0 Å². The Morgan fingerprint density at radius 2 is 2.07 bits per heavy atom. The molecule has 0 aliphatic heterocycles. The molecule has 0 spiro atoms. The molecule has 3 heteroatoms. The maximum atomic E-state index is 12.1. The Labute approximate surface area is 90.5 Å². The van der Waals surface area contributed by atoms with Gasteiger partial charge in [0.05, 0.1) is 0 Å². The zero-order chi connectivity index (χ0) is 11.2. The maximum absolute atomic E-state index is 12.1. The summed E-state index contributed by atoms with van der Waals surface area (Å²) in [4.78, 5) is 12.1. The van der Waals surface area contributed by atoms with Gasteiger partial charge in [-0.2, -0.15) is 0 Å². The Hall–Kier alpha value is -0.860. The molecule has 0 heterocycles. The zero-order valence-electron chi connectivity index (χ0n) is 9.66. The van der Waals surface area contributed by atoms with Crippen molar-refractivity contribution >= 4 is 11.5 Å². The summed E-state index contributed by atoms with van der Waals surface area (Å²) < 4.78 is 0. The van der Waals surface area contributed by atoms with Crippen LogP contribution in [0, 0.1) is 23.2 Å². The molecular formula is C12H19NO2. The molecule has 0 radical (unpaired) electrons. The predicted molar refractivity (Wildman–Crippen MR) is 58.0 cm³/mol. The van der Waals surface area contributed by atoms with Crippen molar-refractivity contribution in [3.05, 3.63) is 0 Å². The first-order valence-electron chi connectivity index (χ1n) is 5.71. The van der Waals surface area contributed by atoms with Crippen molar-refractivity contribution in [2.75, 3.05) is 0 Å². The summed E-state index contributed by atoms with van der Waals surface area (Å²) in [5, 5.41) is 11.7. The minimum absolute atomic E-state index is 0.0506. The van der Waals surface area contributed by atoms with Gasteiger partial charge < -0.3 is 5.21 Å². The molecule has 1 N–H and O–H groups in total. The number of hydrogen-bond donors (Lipinski definition) is 1. The molecule has 3 atom stereocenters. The first-order chi connectivity index (χ1) is 6.98. The summed E-state index contributed by atoms with van der Waals surface area (Å²) in [6, 6.07) is 0. The molecule has 0 aromatic heterocycles. The van der Waals surface area contributed by atoms with Gasteiger partial charge in [0.2, 0.25) is 0 Å². The van der Waals surface area contributed by atoms with Crippen molar-refractivity contribution < 1.29 is 10.0 Å². The van der Waals surface area contributed by atoms with E-state index in [2.05, 4.69) is 19.0 Å². The quantitative estimate of drug-likeness (QED) is 0.431. The summed E-state index contributed by atoms with van der Waals surface area (Å²) >= 11 is 0. The third-order valence-electron chi connectivity index (χ3n) is 4.59. The van der Waals surface area contributed by atoms with Crippen molar-refractivity contribution in [2.45, 2.75) is 40.0 Å². The number of rotatable bonds is 2. The van der Waals surface area contributed by atoms with Crippen molar-refractivity contribution in [1.29, 1.82) is 0 Å². The van der Waals surface area contributed by atoms with E-state index < -0.39 is 0 Å². The fraction of sp³-hybridized carbons (Fsp3) is 0.833. The molecule has 2 aliphatic rings. The van der Waals surface area contributed by atoms with Crippen LogP contribution in [0.1, 0.15) is 40.0 Å². The Morgan fingerprint density at radius 3 is 2.53 bits per heavy atom. The third-order valence-corrected chi connectivity index (χ3v) is 4.59. The van der Waals surface area contributed by atoms with Crippen LogP contribution in [0.2, 0.25) is 0 Å². The normalized spacial score (nSPS) is 38.3. The van der Waals surface area contributed by atoms with Gasteiger partial charge in [-0.3, -0.25) is 4.79 Å². The van der Waals surface area contributed by atoms with Crippen LogP contribution in [0.3, 0.4) is 0 Å². The lowest BCUT2D eigenvalue weighted by molar-refractivity contribution is -0.122. The molecule has 2 fully saturated rings. The maximum Gasteiger partial charge on any atom is 0.183 e. The van der Waals surface area contributed by atoms with Crippen molar-refractivity contribution in [1.82, 2.24) is 0 Å². The second kappa shape index (κ2) is 3.32. The van der Waals surface area contributed by atoms with E-state index in [-0.39, 0.29) is 22.8 Å². The number of oxime groups is 1. The van der Waals surface area contributed by atoms with E-state index in [0.29, 0.717) is 11.8 Å². The number of nitrogens with zero attached hydrogens (tertiary/aromatic N) is 1. The number of Topliss-reactive ketones (excluding diaryl/α,β-unsaturated/α-hetero) is 1. The lowest BCUT2D eigenvalue weighted by Crippen LogP contribution is -2.39. The molecule has 84 valence electrons. The van der Waals surface area contributed by atoms with Crippen LogP contribution in [-0.4, -0.2) is 16.7 Å². The fourth-order valence-corrected chi connectivity index (χ4v) is 3.68. The van der Waals surface area contributed by atoms with Gasteiger partial charge in [-0.15, -0.1) is 0 Å². The van der Waals surface area contributed by atoms with Crippen molar-refractivity contribution in [3.8, 4) is 0 Å². The van der Waals surface area contributed by atoms with E-state index >= 15 is 0 Å². The number of carbonyl (C=O) groups excluding carboxylic acids is 1. The number of ketones is 1. The molecule has 0 saturated heterocycles. The minimum atomic E-state index is 0.0506. The summed E-state index contributed by atoms with van der Waals surface area (Å²) in [6.45, 7) is 5.97. The monoisotopic (exact) mass is 209 g/mol. The highest BCUT2D eigenvalue weighted by Gasteiger charge is 2.55. The largest absolute Gasteiger partial charge is 0.411 e. The SMILES string of the molecule is C/C(=N\O)C(=O)[C@@H]1[C@H]2CC[C@H](C2)C1(C)C. The minimum Gasteiger partial charge on any atom is -0.411 e. The zero-order valence-corrected chi connectivity index (χ0v) is 9.66. The Bertz CT molecular complexity index is 320. The van der Waals surface area contributed by atoms with Crippen LogP contribution < -0.4 is 0 Å². The highest BCUT2D eigenvalue weighted by molar-refractivity contribution is 6.39. The standard InChI is InChI=1S/C12H19NO2/c1-7(13-15)11(14)10-8-4-5-9(6-8)12(10,2)3/h8-10,15H,4-6H2,1-3H3/b13-7+/t8-,9+,10-/m0/s1. The summed E-state index contributed by atoms with van der Waals surface area (Å²) in [7, 11) is 0. The lowest BCUT2D eigenvalue weighted by atomic mass is 9.66. The molecule has 2 saturated carbocycles. The molecule has 2 bridgehead atoms. The third kappa shape index (κ3) is 1.40. The molecule has 0 amide bonds. The molecule has 3 nitrogen and oxygen atoms in total. The second-order valence-electron chi connectivity index (χ2n) is 5.62. The van der Waals surface area contributed by atoms with Crippen molar-refractivity contribution in [3.63, 3.8) is 0 Å². The Morgan fingerprint density at radius 1 is 1.40 bits per heavy atom. The van der Waals surface area contributed by atoms with Gasteiger partial charge in [0, 0.05) is 5.92 Å². The van der Waals surface area contributed by atoms with Gasteiger partial charge in [-0.1, -0.05) is 19.0 Å². The van der Waals surface area contributed by atoms with E-state index in [0.717, 1.165) is 0 Å². The molecule has 15 heavy (non-hydrogen) atoms. The van der Waals surface area contributed by atoms with Gasteiger partial charge >= 0.3 is 0 Å². The average molecular weight is 209 g/mol. The number of carbonyl (C=O) groups is 1.